The molecule has 0 aromatic heterocycles. The van der Waals surface area contributed by atoms with Gasteiger partial charge in [0.25, 0.3) is 11.8 Å². The lowest BCUT2D eigenvalue weighted by Gasteiger charge is -2.29. The molecular weight excluding hydrogens is 508 g/mol. The van der Waals surface area contributed by atoms with Gasteiger partial charge in [-0.15, -0.1) is 0 Å². The number of nitrogens with one attached hydrogen (secondary N) is 1. The summed E-state index contributed by atoms with van der Waals surface area (Å²) in [4.78, 5) is 42.6. The first-order valence-electron chi connectivity index (χ1n) is 14.0. The summed E-state index contributed by atoms with van der Waals surface area (Å²) in [5.41, 5.74) is 6.10. The molecule has 0 bridgehead atoms. The number of hydrogen-bond acceptors (Lipinski definition) is 3. The van der Waals surface area contributed by atoms with Crippen LogP contribution in [0.3, 0.4) is 0 Å². The van der Waals surface area contributed by atoms with Crippen LogP contribution in [0.5, 0.6) is 0 Å². The van der Waals surface area contributed by atoms with Crippen molar-refractivity contribution in [3.05, 3.63) is 154 Å². The van der Waals surface area contributed by atoms with Crippen molar-refractivity contribution in [2.45, 2.75) is 31.3 Å². The van der Waals surface area contributed by atoms with Crippen LogP contribution in [0.15, 0.2) is 115 Å². The number of imide groups is 1. The molecule has 1 N–H and O–H groups in total. The predicted octanol–water partition coefficient (Wildman–Crippen LogP) is 6.05. The number of benzene rings is 5. The van der Waals surface area contributed by atoms with Gasteiger partial charge in [0, 0.05) is 6.42 Å². The Morgan fingerprint density at radius 2 is 1.29 bits per heavy atom. The van der Waals surface area contributed by atoms with Crippen LogP contribution >= 0.6 is 0 Å². The molecule has 5 aromatic carbocycles. The number of rotatable bonds is 7. The predicted molar refractivity (Wildman–Crippen MR) is 159 cm³/mol. The molecule has 1 aliphatic carbocycles. The van der Waals surface area contributed by atoms with Crippen molar-refractivity contribution in [1.82, 2.24) is 10.2 Å². The van der Waals surface area contributed by atoms with Gasteiger partial charge in [-0.3, -0.25) is 19.3 Å². The highest BCUT2D eigenvalue weighted by atomic mass is 16.2. The molecule has 2 atom stereocenters. The largest absolute Gasteiger partial charge is 0.343 e. The van der Waals surface area contributed by atoms with Crippen molar-refractivity contribution in [2.75, 3.05) is 0 Å². The lowest BCUT2D eigenvalue weighted by Crippen LogP contribution is -2.51. The highest BCUT2D eigenvalue weighted by Gasteiger charge is 2.43. The fourth-order valence-corrected chi connectivity index (χ4v) is 6.38. The molecule has 5 nitrogen and oxygen atoms in total. The topological polar surface area (TPSA) is 66.5 Å². The third-order valence-corrected chi connectivity index (χ3v) is 8.35. The van der Waals surface area contributed by atoms with Gasteiger partial charge in [0.2, 0.25) is 5.91 Å². The molecule has 7 rings (SSSR count). The number of amides is 3. The molecule has 0 spiro atoms. The van der Waals surface area contributed by atoms with Crippen LogP contribution in [-0.4, -0.2) is 28.7 Å². The van der Waals surface area contributed by atoms with E-state index in [4.69, 9.17) is 0 Å². The Hall–Kier alpha value is -5.03. The van der Waals surface area contributed by atoms with E-state index >= 15 is 0 Å². The van der Waals surface area contributed by atoms with Crippen molar-refractivity contribution in [3.8, 4) is 0 Å². The van der Waals surface area contributed by atoms with Crippen LogP contribution in [0.2, 0.25) is 0 Å². The van der Waals surface area contributed by atoms with E-state index < -0.39 is 23.9 Å². The summed E-state index contributed by atoms with van der Waals surface area (Å²) in [5.74, 6) is -1.26. The van der Waals surface area contributed by atoms with Crippen LogP contribution in [0.4, 0.5) is 0 Å². The summed E-state index contributed by atoms with van der Waals surface area (Å²) in [6, 6.07) is 35.3. The van der Waals surface area contributed by atoms with Gasteiger partial charge in [0.05, 0.1) is 17.2 Å². The van der Waals surface area contributed by atoms with Gasteiger partial charge < -0.3 is 5.32 Å². The molecule has 0 saturated heterocycles. The monoisotopic (exact) mass is 536 g/mol. The average Bonchev–Trinajstić information content (AvgIpc) is 3.55. The standard InChI is InChI=1S/C36H28N2O3/c39-34(31(22-23-10-3-1-4-11-23)38-35(40)29-15-7-8-16-30(29)36(38)41)37-33(26-12-5-2-6-13-26)28-21-20-25-19-18-24-14-9-17-27(28)32(24)25/h1-17,20-21,31,33H,18-19,22H2,(H,37,39)/t31-,33-/m0/s1. The molecule has 0 fully saturated rings. The summed E-state index contributed by atoms with van der Waals surface area (Å²) < 4.78 is 0. The van der Waals surface area contributed by atoms with E-state index in [1.54, 1.807) is 24.3 Å². The van der Waals surface area contributed by atoms with Crippen LogP contribution in [0.1, 0.15) is 54.6 Å². The van der Waals surface area contributed by atoms with Gasteiger partial charge in [0.1, 0.15) is 6.04 Å². The van der Waals surface area contributed by atoms with E-state index in [0.29, 0.717) is 11.1 Å². The summed E-state index contributed by atoms with van der Waals surface area (Å²) >= 11 is 0. The highest BCUT2D eigenvalue weighted by Crippen LogP contribution is 2.37. The van der Waals surface area contributed by atoms with E-state index in [-0.39, 0.29) is 12.3 Å². The number of carbonyl (C=O) groups excluding carboxylic acids is 3. The Bertz CT molecular complexity index is 1770. The third-order valence-electron chi connectivity index (χ3n) is 8.35. The highest BCUT2D eigenvalue weighted by molar-refractivity contribution is 6.22. The van der Waals surface area contributed by atoms with Crippen LogP contribution in [0, 0.1) is 0 Å². The van der Waals surface area contributed by atoms with Gasteiger partial charge in [-0.05, 0) is 63.6 Å². The van der Waals surface area contributed by atoms with Crippen LogP contribution in [0.25, 0.3) is 10.8 Å². The number of nitrogens with zero attached hydrogens (tertiary/aromatic N) is 1. The number of carbonyl (C=O) groups is 3. The Morgan fingerprint density at radius 3 is 1.98 bits per heavy atom. The quantitative estimate of drug-likeness (QED) is 0.258. The zero-order valence-electron chi connectivity index (χ0n) is 22.4. The van der Waals surface area contributed by atoms with Gasteiger partial charge in [0.15, 0.2) is 0 Å². The summed E-state index contributed by atoms with van der Waals surface area (Å²) in [7, 11) is 0. The summed E-state index contributed by atoms with van der Waals surface area (Å²) in [6.07, 6.45) is 2.23. The van der Waals surface area contributed by atoms with Crippen LogP contribution < -0.4 is 5.32 Å². The van der Waals surface area contributed by atoms with Crippen molar-refractivity contribution in [1.29, 1.82) is 0 Å². The second-order valence-corrected chi connectivity index (χ2v) is 10.7. The van der Waals surface area contributed by atoms with E-state index in [2.05, 4.69) is 35.6 Å². The second-order valence-electron chi connectivity index (χ2n) is 10.7. The first-order valence-corrected chi connectivity index (χ1v) is 14.0. The molecule has 1 aliphatic heterocycles. The third kappa shape index (κ3) is 4.30. The van der Waals surface area contributed by atoms with Gasteiger partial charge in [-0.25, -0.2) is 0 Å². The maximum atomic E-state index is 14.4. The Balaban J connectivity index is 1.31. The molecule has 200 valence electrons. The Morgan fingerprint density at radius 1 is 0.683 bits per heavy atom. The molecule has 0 radical (unpaired) electrons. The van der Waals surface area contributed by atoms with Gasteiger partial charge >= 0.3 is 0 Å². The molecule has 0 unspecified atom stereocenters. The minimum Gasteiger partial charge on any atom is -0.343 e. The maximum absolute atomic E-state index is 14.4. The molecule has 5 heteroatoms. The van der Waals surface area contributed by atoms with Crippen molar-refractivity contribution in [2.24, 2.45) is 0 Å². The van der Waals surface area contributed by atoms with E-state index in [9.17, 15) is 14.4 Å². The zero-order chi connectivity index (χ0) is 27.9. The van der Waals surface area contributed by atoms with Crippen molar-refractivity contribution >= 4 is 28.5 Å². The van der Waals surface area contributed by atoms with E-state index in [1.807, 2.05) is 60.7 Å². The fraction of sp³-hybridized carbons (Fsp3) is 0.139. The molecule has 41 heavy (non-hydrogen) atoms. The van der Waals surface area contributed by atoms with Gasteiger partial charge in [-0.2, -0.15) is 0 Å². The molecule has 1 heterocycles. The Labute approximate surface area is 238 Å². The minimum atomic E-state index is -1.02. The zero-order valence-corrected chi connectivity index (χ0v) is 22.4. The summed E-state index contributed by atoms with van der Waals surface area (Å²) in [5, 5.41) is 5.66. The van der Waals surface area contributed by atoms with E-state index in [1.165, 1.54) is 16.5 Å². The molecule has 0 saturated carbocycles. The smallest absolute Gasteiger partial charge is 0.262 e. The maximum Gasteiger partial charge on any atom is 0.262 e. The molecule has 3 amide bonds. The van der Waals surface area contributed by atoms with E-state index in [0.717, 1.165) is 39.8 Å². The lowest BCUT2D eigenvalue weighted by molar-refractivity contribution is -0.125. The first-order chi connectivity index (χ1) is 20.1. The second kappa shape index (κ2) is 10.2. The molecule has 2 aliphatic rings. The average molecular weight is 537 g/mol. The number of fused-ring (bicyclic) bond motifs is 1. The number of hydrogen-bond donors (Lipinski definition) is 1. The van der Waals surface area contributed by atoms with Crippen LogP contribution in [-0.2, 0) is 24.1 Å². The number of aryl methyl sites for hydroxylation is 2. The Kier molecular flexibility index (Phi) is 6.20. The SMILES string of the molecule is O=C(N[C@@H](c1ccccc1)c1ccc2c3c(cccc13)CC2)[C@H](Cc1ccccc1)N1C(=O)c2ccccc2C1=O. The minimum absolute atomic E-state index is 0.212. The molecule has 5 aromatic rings. The lowest BCUT2D eigenvalue weighted by atomic mass is 9.91. The van der Waals surface area contributed by atoms with Gasteiger partial charge in [-0.1, -0.05) is 103 Å². The fourth-order valence-electron chi connectivity index (χ4n) is 6.38. The first kappa shape index (κ1) is 25.0. The normalized spacial score (nSPS) is 15.2. The molecular formula is C36H28N2O3. The van der Waals surface area contributed by atoms with Crippen molar-refractivity contribution in [3.63, 3.8) is 0 Å². The summed E-state index contributed by atoms with van der Waals surface area (Å²) in [6.45, 7) is 0. The van der Waals surface area contributed by atoms with Crippen molar-refractivity contribution < 1.29 is 14.4 Å².